The van der Waals surface area contributed by atoms with Crippen LogP contribution in [0.2, 0.25) is 0 Å². The van der Waals surface area contributed by atoms with Crippen molar-refractivity contribution in [1.29, 1.82) is 0 Å². The Hall–Kier alpha value is -1.12. The quantitative estimate of drug-likeness (QED) is 0.549. The van der Waals surface area contributed by atoms with Crippen LogP contribution in [0.5, 0.6) is 0 Å². The van der Waals surface area contributed by atoms with Crippen LogP contribution in [0.15, 0.2) is 12.2 Å². The molecule has 0 aromatic carbocycles. The topological polar surface area (TPSA) is 37.4 Å². The number of amides is 2. The number of likely N-dealkylation sites (tertiary alicyclic amines) is 1. The molecule has 3 heteroatoms. The van der Waals surface area contributed by atoms with Crippen LogP contribution in [0, 0.1) is 28.6 Å². The first-order chi connectivity index (χ1) is 9.88. The van der Waals surface area contributed by atoms with E-state index in [2.05, 4.69) is 32.9 Å². The molecule has 1 heterocycles. The number of rotatable bonds is 1. The number of imide groups is 1. The Kier molecular flexibility index (Phi) is 2.57. The van der Waals surface area contributed by atoms with Gasteiger partial charge in [-0.25, -0.2) is 0 Å². The molecule has 3 aliphatic carbocycles. The Bertz CT molecular complexity index is 523. The number of allylic oxidation sites excluding steroid dienone is 2. The molecule has 114 valence electrons. The highest BCUT2D eigenvalue weighted by molar-refractivity contribution is 6.05. The van der Waals surface area contributed by atoms with Crippen molar-refractivity contribution in [1.82, 2.24) is 4.90 Å². The molecular weight excluding hydrogens is 262 g/mol. The third-order valence-electron chi connectivity index (χ3n) is 7.60. The zero-order chi connectivity index (χ0) is 15.0. The Morgan fingerprint density at radius 2 is 1.62 bits per heavy atom. The summed E-state index contributed by atoms with van der Waals surface area (Å²) in [6.45, 7) is 6.99. The fraction of sp³-hybridized carbons (Fsp3) is 0.778. The standard InChI is InChI=1S/C18H25NO2/c1-17(2)11-8-9-18(17,3)14(10-11)19-15(20)12-6-4-5-7-13(12)16(19)21/h4-5,11-14H,6-10H2,1-3H3/t11-,12?,13?,14+,18?/m1/s1. The molecule has 3 fully saturated rings. The van der Waals surface area contributed by atoms with Crippen LogP contribution in [0.25, 0.3) is 0 Å². The maximum Gasteiger partial charge on any atom is 0.233 e. The molecule has 0 aromatic heterocycles. The summed E-state index contributed by atoms with van der Waals surface area (Å²) in [5.74, 6) is 0.739. The lowest BCUT2D eigenvalue weighted by atomic mass is 9.69. The van der Waals surface area contributed by atoms with Gasteiger partial charge in [0.2, 0.25) is 11.8 Å². The van der Waals surface area contributed by atoms with Gasteiger partial charge in [0.25, 0.3) is 0 Å². The zero-order valence-corrected chi connectivity index (χ0v) is 13.3. The molecule has 0 radical (unpaired) electrons. The van der Waals surface area contributed by atoms with E-state index in [-0.39, 0.29) is 40.5 Å². The van der Waals surface area contributed by atoms with Crippen molar-refractivity contribution in [3.05, 3.63) is 12.2 Å². The largest absolute Gasteiger partial charge is 0.278 e. The third kappa shape index (κ3) is 1.45. The van der Waals surface area contributed by atoms with Gasteiger partial charge in [-0.2, -0.15) is 0 Å². The van der Waals surface area contributed by atoms with Crippen molar-refractivity contribution in [2.75, 3.05) is 0 Å². The van der Waals surface area contributed by atoms with Gasteiger partial charge in [0, 0.05) is 6.04 Å². The van der Waals surface area contributed by atoms with E-state index in [1.165, 1.54) is 6.42 Å². The number of carbonyl (C=O) groups is 2. The van der Waals surface area contributed by atoms with E-state index in [0.717, 1.165) is 25.7 Å². The second kappa shape index (κ2) is 3.99. The summed E-state index contributed by atoms with van der Waals surface area (Å²) in [5.41, 5.74) is 0.341. The van der Waals surface area contributed by atoms with Crippen molar-refractivity contribution in [2.24, 2.45) is 28.6 Å². The van der Waals surface area contributed by atoms with Gasteiger partial charge in [0.05, 0.1) is 11.8 Å². The van der Waals surface area contributed by atoms with Gasteiger partial charge >= 0.3 is 0 Å². The lowest BCUT2D eigenvalue weighted by molar-refractivity contribution is -0.146. The number of hydrogen-bond acceptors (Lipinski definition) is 2. The summed E-state index contributed by atoms with van der Waals surface area (Å²) in [6, 6.07) is 0.136. The molecule has 5 atom stereocenters. The van der Waals surface area contributed by atoms with Crippen LogP contribution in [0.3, 0.4) is 0 Å². The zero-order valence-electron chi connectivity index (χ0n) is 13.3. The predicted molar refractivity (Wildman–Crippen MR) is 80.2 cm³/mol. The maximum absolute atomic E-state index is 12.8. The summed E-state index contributed by atoms with van der Waals surface area (Å²) in [6.07, 6.45) is 9.08. The molecule has 1 aliphatic heterocycles. The number of fused-ring (bicyclic) bond motifs is 3. The van der Waals surface area contributed by atoms with Crippen LogP contribution < -0.4 is 0 Å². The molecule has 2 saturated carbocycles. The van der Waals surface area contributed by atoms with Crippen molar-refractivity contribution >= 4 is 11.8 Å². The molecule has 3 unspecified atom stereocenters. The van der Waals surface area contributed by atoms with E-state index in [1.54, 1.807) is 4.90 Å². The molecule has 0 N–H and O–H groups in total. The molecule has 4 rings (SSSR count). The minimum atomic E-state index is -0.0756. The van der Waals surface area contributed by atoms with Gasteiger partial charge in [-0.1, -0.05) is 32.9 Å². The van der Waals surface area contributed by atoms with Crippen molar-refractivity contribution in [3.8, 4) is 0 Å². The molecule has 21 heavy (non-hydrogen) atoms. The fourth-order valence-electron chi connectivity index (χ4n) is 5.68. The number of hydrogen-bond donors (Lipinski definition) is 0. The van der Waals surface area contributed by atoms with E-state index >= 15 is 0 Å². The lowest BCUT2D eigenvalue weighted by Gasteiger charge is -2.42. The second-order valence-electron chi connectivity index (χ2n) is 8.33. The molecule has 1 saturated heterocycles. The highest BCUT2D eigenvalue weighted by Crippen LogP contribution is 2.67. The summed E-state index contributed by atoms with van der Waals surface area (Å²) in [4.78, 5) is 27.4. The molecule has 0 spiro atoms. The van der Waals surface area contributed by atoms with Crippen molar-refractivity contribution < 1.29 is 9.59 Å². The van der Waals surface area contributed by atoms with E-state index in [0.29, 0.717) is 5.92 Å². The molecule has 2 bridgehead atoms. The first-order valence-electron chi connectivity index (χ1n) is 8.40. The molecular formula is C18H25NO2. The monoisotopic (exact) mass is 287 g/mol. The van der Waals surface area contributed by atoms with E-state index < -0.39 is 0 Å². The Morgan fingerprint density at radius 1 is 1.05 bits per heavy atom. The fourth-order valence-corrected chi connectivity index (χ4v) is 5.68. The van der Waals surface area contributed by atoms with Crippen molar-refractivity contribution in [3.63, 3.8) is 0 Å². The molecule has 0 aromatic rings. The first kappa shape index (κ1) is 13.5. The summed E-state index contributed by atoms with van der Waals surface area (Å²) in [5, 5.41) is 0. The maximum atomic E-state index is 12.8. The van der Waals surface area contributed by atoms with Gasteiger partial charge in [-0.3, -0.25) is 14.5 Å². The van der Waals surface area contributed by atoms with Crippen LogP contribution >= 0.6 is 0 Å². The van der Waals surface area contributed by atoms with Crippen LogP contribution in [-0.2, 0) is 9.59 Å². The van der Waals surface area contributed by atoms with E-state index in [4.69, 9.17) is 0 Å². The molecule has 2 amide bonds. The minimum Gasteiger partial charge on any atom is -0.278 e. The SMILES string of the molecule is CC1(C)[C@@H]2CCC1(C)[C@@H](N1C(=O)C3CC=CCC3C1=O)C2. The molecule has 3 nitrogen and oxygen atoms in total. The first-order valence-corrected chi connectivity index (χ1v) is 8.40. The Balaban J connectivity index is 1.69. The van der Waals surface area contributed by atoms with E-state index in [9.17, 15) is 9.59 Å². The minimum absolute atomic E-state index is 0.0756. The van der Waals surface area contributed by atoms with Gasteiger partial charge in [-0.05, 0) is 48.9 Å². The number of nitrogens with zero attached hydrogens (tertiary/aromatic N) is 1. The van der Waals surface area contributed by atoms with Gasteiger partial charge in [-0.15, -0.1) is 0 Å². The van der Waals surface area contributed by atoms with E-state index in [1.807, 2.05) is 0 Å². The van der Waals surface area contributed by atoms with Crippen LogP contribution in [0.1, 0.15) is 52.9 Å². The second-order valence-corrected chi connectivity index (χ2v) is 8.33. The van der Waals surface area contributed by atoms with Gasteiger partial charge in [0.1, 0.15) is 0 Å². The third-order valence-corrected chi connectivity index (χ3v) is 7.60. The highest BCUT2D eigenvalue weighted by Gasteiger charge is 2.66. The van der Waals surface area contributed by atoms with Crippen LogP contribution in [-0.4, -0.2) is 22.8 Å². The molecule has 4 aliphatic rings. The smallest absolute Gasteiger partial charge is 0.233 e. The van der Waals surface area contributed by atoms with Crippen LogP contribution in [0.4, 0.5) is 0 Å². The van der Waals surface area contributed by atoms with Crippen molar-refractivity contribution in [2.45, 2.75) is 58.9 Å². The van der Waals surface area contributed by atoms with Gasteiger partial charge in [0.15, 0.2) is 0 Å². The Labute approximate surface area is 126 Å². The summed E-state index contributed by atoms with van der Waals surface area (Å²) < 4.78 is 0. The average Bonchev–Trinajstić information content (AvgIpc) is 2.92. The predicted octanol–water partition coefficient (Wildman–Crippen LogP) is 3.15. The summed E-state index contributed by atoms with van der Waals surface area (Å²) >= 11 is 0. The Morgan fingerprint density at radius 3 is 2.05 bits per heavy atom. The summed E-state index contributed by atoms with van der Waals surface area (Å²) in [7, 11) is 0. The van der Waals surface area contributed by atoms with Gasteiger partial charge < -0.3 is 0 Å². The lowest BCUT2D eigenvalue weighted by Crippen LogP contribution is -2.50. The average molecular weight is 287 g/mol. The number of carbonyl (C=O) groups excluding carboxylic acids is 2. The normalized spacial score (nSPS) is 47.3. The highest BCUT2D eigenvalue weighted by atomic mass is 16.2.